The SMILES string of the molecule is Cc1nc(N2CCCC2)c2c(C(=O)N3CC=C(c4ccccc4)CC3)c(C)oc2n1. The number of hydrogen-bond acceptors (Lipinski definition) is 5. The van der Waals surface area contributed by atoms with Gasteiger partial charge < -0.3 is 14.2 Å². The Balaban J connectivity index is 1.50. The van der Waals surface area contributed by atoms with Gasteiger partial charge in [-0.25, -0.2) is 4.98 Å². The van der Waals surface area contributed by atoms with Crippen molar-refractivity contribution in [2.24, 2.45) is 0 Å². The van der Waals surface area contributed by atoms with E-state index in [9.17, 15) is 4.79 Å². The Hall–Kier alpha value is -3.15. The summed E-state index contributed by atoms with van der Waals surface area (Å²) < 4.78 is 5.94. The molecule has 5 rings (SSSR count). The number of amides is 1. The Morgan fingerprint density at radius 2 is 1.80 bits per heavy atom. The van der Waals surface area contributed by atoms with Gasteiger partial charge in [0.15, 0.2) is 0 Å². The predicted molar refractivity (Wildman–Crippen MR) is 118 cm³/mol. The number of rotatable bonds is 3. The Morgan fingerprint density at radius 3 is 2.50 bits per heavy atom. The van der Waals surface area contributed by atoms with Crippen molar-refractivity contribution in [3.05, 3.63) is 59.1 Å². The Labute approximate surface area is 176 Å². The molecule has 0 bridgehead atoms. The lowest BCUT2D eigenvalue weighted by Crippen LogP contribution is -2.35. The number of carbonyl (C=O) groups excluding carboxylic acids is 1. The second-order valence-corrected chi connectivity index (χ2v) is 8.10. The van der Waals surface area contributed by atoms with E-state index in [1.165, 1.54) is 11.1 Å². The Kier molecular flexibility index (Phi) is 4.77. The number of hydrogen-bond donors (Lipinski definition) is 0. The minimum absolute atomic E-state index is 0.00233. The molecule has 0 N–H and O–H groups in total. The van der Waals surface area contributed by atoms with Gasteiger partial charge >= 0.3 is 0 Å². The van der Waals surface area contributed by atoms with E-state index in [1.807, 2.05) is 24.8 Å². The summed E-state index contributed by atoms with van der Waals surface area (Å²) in [6.07, 6.45) is 5.29. The second-order valence-electron chi connectivity index (χ2n) is 8.10. The smallest absolute Gasteiger partial charge is 0.258 e. The molecular weight excluding hydrogens is 376 g/mol. The van der Waals surface area contributed by atoms with Crippen molar-refractivity contribution >= 4 is 28.4 Å². The highest BCUT2D eigenvalue weighted by Gasteiger charge is 2.30. The van der Waals surface area contributed by atoms with Gasteiger partial charge in [0.25, 0.3) is 5.91 Å². The predicted octanol–water partition coefficient (Wildman–Crippen LogP) is 4.37. The van der Waals surface area contributed by atoms with E-state index in [-0.39, 0.29) is 5.91 Å². The van der Waals surface area contributed by atoms with Gasteiger partial charge in [-0.15, -0.1) is 0 Å². The van der Waals surface area contributed by atoms with Crippen molar-refractivity contribution < 1.29 is 9.21 Å². The quantitative estimate of drug-likeness (QED) is 0.651. The van der Waals surface area contributed by atoms with Crippen LogP contribution in [0, 0.1) is 13.8 Å². The number of aryl methyl sites for hydroxylation is 2. The van der Waals surface area contributed by atoms with E-state index in [2.05, 4.69) is 40.2 Å². The zero-order chi connectivity index (χ0) is 20.7. The molecule has 2 aliphatic rings. The van der Waals surface area contributed by atoms with Crippen LogP contribution < -0.4 is 4.90 Å². The van der Waals surface area contributed by atoms with Gasteiger partial charge in [0.2, 0.25) is 5.71 Å². The summed E-state index contributed by atoms with van der Waals surface area (Å²) in [6, 6.07) is 10.4. The first-order valence-corrected chi connectivity index (χ1v) is 10.7. The molecule has 3 aromatic rings. The van der Waals surface area contributed by atoms with Gasteiger partial charge in [-0.1, -0.05) is 36.4 Å². The lowest BCUT2D eigenvalue weighted by molar-refractivity contribution is 0.0773. The van der Waals surface area contributed by atoms with Crippen molar-refractivity contribution in [2.45, 2.75) is 33.1 Å². The van der Waals surface area contributed by atoms with Crippen molar-refractivity contribution in [1.29, 1.82) is 0 Å². The highest BCUT2D eigenvalue weighted by molar-refractivity contribution is 6.10. The molecule has 0 radical (unpaired) electrons. The fourth-order valence-electron chi connectivity index (χ4n) is 4.54. The first kappa shape index (κ1) is 18.9. The summed E-state index contributed by atoms with van der Waals surface area (Å²) in [5.74, 6) is 2.13. The van der Waals surface area contributed by atoms with Gasteiger partial charge in [-0.3, -0.25) is 4.79 Å². The van der Waals surface area contributed by atoms with E-state index in [0.717, 1.165) is 43.6 Å². The molecule has 6 heteroatoms. The van der Waals surface area contributed by atoms with Crippen LogP contribution in [0.1, 0.15) is 46.8 Å². The summed E-state index contributed by atoms with van der Waals surface area (Å²) in [4.78, 5) is 26.9. The number of furan rings is 1. The van der Waals surface area contributed by atoms with E-state index in [4.69, 9.17) is 9.40 Å². The van der Waals surface area contributed by atoms with E-state index in [1.54, 1.807) is 0 Å². The second kappa shape index (κ2) is 7.59. The molecule has 4 heterocycles. The van der Waals surface area contributed by atoms with Gasteiger partial charge in [-0.2, -0.15) is 4.98 Å². The fourth-order valence-corrected chi connectivity index (χ4v) is 4.54. The lowest BCUT2D eigenvalue weighted by Gasteiger charge is -2.27. The number of carbonyl (C=O) groups is 1. The molecule has 1 saturated heterocycles. The zero-order valence-corrected chi connectivity index (χ0v) is 17.5. The van der Waals surface area contributed by atoms with Crippen LogP contribution in [0.4, 0.5) is 5.82 Å². The van der Waals surface area contributed by atoms with Crippen LogP contribution >= 0.6 is 0 Å². The standard InChI is InChI=1S/C24H26N4O2/c1-16-20(21-22(27-12-6-7-13-27)25-17(2)26-23(21)30-16)24(29)28-14-10-19(11-15-28)18-8-4-3-5-9-18/h3-5,8-10H,6-7,11-15H2,1-2H3. The van der Waals surface area contributed by atoms with Crippen molar-refractivity contribution in [3.63, 3.8) is 0 Å². The molecular formula is C24H26N4O2. The summed E-state index contributed by atoms with van der Waals surface area (Å²) in [5, 5.41) is 0.767. The van der Waals surface area contributed by atoms with Gasteiger partial charge in [0.1, 0.15) is 17.4 Å². The van der Waals surface area contributed by atoms with Crippen molar-refractivity contribution in [3.8, 4) is 0 Å². The molecule has 0 unspecified atom stereocenters. The third-order valence-corrected chi connectivity index (χ3v) is 6.08. The molecule has 6 nitrogen and oxygen atoms in total. The maximum absolute atomic E-state index is 13.6. The minimum Gasteiger partial charge on any atom is -0.442 e. The third-order valence-electron chi connectivity index (χ3n) is 6.08. The molecule has 30 heavy (non-hydrogen) atoms. The van der Waals surface area contributed by atoms with Crippen LogP contribution in [-0.4, -0.2) is 47.0 Å². The van der Waals surface area contributed by atoms with Crippen LogP contribution in [0.25, 0.3) is 16.7 Å². The largest absolute Gasteiger partial charge is 0.442 e. The van der Waals surface area contributed by atoms with Crippen LogP contribution in [-0.2, 0) is 0 Å². The molecule has 0 aliphatic carbocycles. The summed E-state index contributed by atoms with van der Waals surface area (Å²) >= 11 is 0. The zero-order valence-electron chi connectivity index (χ0n) is 17.5. The molecule has 1 fully saturated rings. The third kappa shape index (κ3) is 3.26. The monoisotopic (exact) mass is 402 g/mol. The summed E-state index contributed by atoms with van der Waals surface area (Å²) in [6.45, 7) is 6.93. The average molecular weight is 402 g/mol. The van der Waals surface area contributed by atoms with Crippen molar-refractivity contribution in [2.75, 3.05) is 31.1 Å². The highest BCUT2D eigenvalue weighted by Crippen LogP contribution is 2.35. The fraction of sp³-hybridized carbons (Fsp3) is 0.375. The van der Waals surface area contributed by atoms with E-state index < -0.39 is 0 Å². The van der Waals surface area contributed by atoms with E-state index >= 15 is 0 Å². The van der Waals surface area contributed by atoms with Crippen molar-refractivity contribution in [1.82, 2.24) is 14.9 Å². The highest BCUT2D eigenvalue weighted by atomic mass is 16.3. The molecule has 2 aliphatic heterocycles. The topological polar surface area (TPSA) is 62.5 Å². The molecule has 0 spiro atoms. The maximum Gasteiger partial charge on any atom is 0.258 e. The number of benzene rings is 1. The summed E-state index contributed by atoms with van der Waals surface area (Å²) in [5.41, 5.74) is 3.66. The lowest BCUT2D eigenvalue weighted by atomic mass is 9.99. The van der Waals surface area contributed by atoms with Gasteiger partial charge in [0, 0.05) is 26.2 Å². The Morgan fingerprint density at radius 1 is 1.03 bits per heavy atom. The number of nitrogens with zero attached hydrogens (tertiary/aromatic N) is 4. The molecule has 2 aromatic heterocycles. The van der Waals surface area contributed by atoms with Gasteiger partial charge in [-0.05, 0) is 44.2 Å². The molecule has 1 aromatic carbocycles. The average Bonchev–Trinajstić information content (AvgIpc) is 3.41. The number of anilines is 1. The normalized spacial score (nSPS) is 16.9. The first-order chi connectivity index (χ1) is 14.6. The van der Waals surface area contributed by atoms with E-state index in [0.29, 0.717) is 36.0 Å². The van der Waals surface area contributed by atoms with Crippen LogP contribution in [0.5, 0.6) is 0 Å². The number of fused-ring (bicyclic) bond motifs is 1. The number of aromatic nitrogens is 2. The van der Waals surface area contributed by atoms with Crippen LogP contribution in [0.3, 0.4) is 0 Å². The van der Waals surface area contributed by atoms with Crippen LogP contribution in [0.2, 0.25) is 0 Å². The first-order valence-electron chi connectivity index (χ1n) is 10.7. The minimum atomic E-state index is 0.00233. The molecule has 0 saturated carbocycles. The maximum atomic E-state index is 13.6. The Bertz CT molecular complexity index is 1130. The molecule has 1 amide bonds. The van der Waals surface area contributed by atoms with Crippen LogP contribution in [0.15, 0.2) is 40.8 Å². The summed E-state index contributed by atoms with van der Waals surface area (Å²) in [7, 11) is 0. The molecule has 154 valence electrons. The van der Waals surface area contributed by atoms with Gasteiger partial charge in [0.05, 0.1) is 10.9 Å². The molecule has 0 atom stereocenters.